The summed E-state index contributed by atoms with van der Waals surface area (Å²) in [6.45, 7) is 6.48. The van der Waals surface area contributed by atoms with Crippen LogP contribution in [0.5, 0.6) is 5.75 Å². The molecular formula is C27H28N6O4. The van der Waals surface area contributed by atoms with E-state index >= 15 is 0 Å². The number of fused-ring (bicyclic) bond motifs is 1. The van der Waals surface area contributed by atoms with E-state index in [4.69, 9.17) is 9.47 Å². The monoisotopic (exact) mass is 500 g/mol. The molecule has 10 nitrogen and oxygen atoms in total. The maximum absolute atomic E-state index is 13.5. The Hall–Kier alpha value is -4.31. The summed E-state index contributed by atoms with van der Waals surface area (Å²) in [6.07, 6.45) is 1.62. The van der Waals surface area contributed by atoms with Gasteiger partial charge in [-0.05, 0) is 38.0 Å². The van der Waals surface area contributed by atoms with Crippen molar-refractivity contribution >= 4 is 5.91 Å². The fraction of sp³-hybridized carbons (Fsp3) is 0.296. The van der Waals surface area contributed by atoms with Crippen molar-refractivity contribution in [2.45, 2.75) is 46.1 Å². The number of nitrogens with zero attached hydrogens (tertiary/aromatic N) is 5. The highest BCUT2D eigenvalue weighted by molar-refractivity contribution is 5.94. The highest BCUT2D eigenvalue weighted by Crippen LogP contribution is 2.28. The van der Waals surface area contributed by atoms with Crippen molar-refractivity contribution in [3.63, 3.8) is 0 Å². The van der Waals surface area contributed by atoms with Gasteiger partial charge < -0.3 is 14.8 Å². The number of para-hydroxylation sites is 1. The molecule has 4 aromatic rings. The van der Waals surface area contributed by atoms with Crippen LogP contribution in [0, 0.1) is 6.92 Å². The minimum Gasteiger partial charge on any atom is -0.481 e. The van der Waals surface area contributed by atoms with E-state index in [1.54, 1.807) is 11.0 Å². The first-order chi connectivity index (χ1) is 17.8. The van der Waals surface area contributed by atoms with E-state index in [1.165, 1.54) is 4.57 Å². The molecule has 0 bridgehead atoms. The summed E-state index contributed by atoms with van der Waals surface area (Å²) in [5.74, 6) is 0.430. The predicted molar refractivity (Wildman–Crippen MR) is 136 cm³/mol. The van der Waals surface area contributed by atoms with Crippen LogP contribution >= 0.6 is 0 Å². The van der Waals surface area contributed by atoms with Gasteiger partial charge in [-0.1, -0.05) is 48.5 Å². The van der Waals surface area contributed by atoms with Crippen molar-refractivity contribution < 1.29 is 14.3 Å². The zero-order valence-corrected chi connectivity index (χ0v) is 21.0. The zero-order valence-electron chi connectivity index (χ0n) is 21.0. The zero-order chi connectivity index (χ0) is 26.0. The maximum Gasteiger partial charge on any atom is 0.296 e. The lowest BCUT2D eigenvalue weighted by molar-refractivity contribution is -0.0567. The topological polar surface area (TPSA) is 113 Å². The van der Waals surface area contributed by atoms with E-state index in [2.05, 4.69) is 20.4 Å². The number of aromatic nitrogens is 5. The van der Waals surface area contributed by atoms with Crippen LogP contribution in [0.15, 0.2) is 65.7 Å². The maximum atomic E-state index is 13.5. The van der Waals surface area contributed by atoms with Gasteiger partial charge in [-0.2, -0.15) is 5.10 Å². The van der Waals surface area contributed by atoms with Crippen molar-refractivity contribution in [2.75, 3.05) is 6.61 Å². The Morgan fingerprint density at radius 3 is 2.65 bits per heavy atom. The van der Waals surface area contributed by atoms with Crippen molar-refractivity contribution in [1.29, 1.82) is 0 Å². The number of rotatable bonds is 7. The Morgan fingerprint density at radius 2 is 1.89 bits per heavy atom. The van der Waals surface area contributed by atoms with Gasteiger partial charge in [0.05, 0.1) is 18.8 Å². The average molecular weight is 501 g/mol. The number of nitrogens with one attached hydrogen (secondary N) is 1. The summed E-state index contributed by atoms with van der Waals surface area (Å²) in [5, 5.41) is 7.27. The molecule has 0 unspecified atom stereocenters. The Balaban J connectivity index is 1.47. The average Bonchev–Trinajstić information content (AvgIpc) is 3.33. The van der Waals surface area contributed by atoms with Gasteiger partial charge >= 0.3 is 0 Å². The van der Waals surface area contributed by atoms with Crippen molar-refractivity contribution in [1.82, 2.24) is 29.6 Å². The van der Waals surface area contributed by atoms with Gasteiger partial charge in [-0.15, -0.1) is 0 Å². The normalized spacial score (nSPS) is 14.1. The van der Waals surface area contributed by atoms with E-state index in [1.807, 2.05) is 75.4 Å². The molecule has 0 aliphatic carbocycles. The first-order valence-corrected chi connectivity index (χ1v) is 12.0. The molecule has 0 radical (unpaired) electrons. The van der Waals surface area contributed by atoms with Crippen molar-refractivity contribution in [2.24, 2.45) is 0 Å². The summed E-state index contributed by atoms with van der Waals surface area (Å²) in [7, 11) is 0. The largest absolute Gasteiger partial charge is 0.481 e. The molecule has 0 saturated carbocycles. The second-order valence-electron chi connectivity index (χ2n) is 9.25. The Labute approximate surface area is 213 Å². The predicted octanol–water partition coefficient (Wildman–Crippen LogP) is 2.91. The summed E-state index contributed by atoms with van der Waals surface area (Å²) < 4.78 is 15.0. The van der Waals surface area contributed by atoms with E-state index in [0.29, 0.717) is 24.8 Å². The van der Waals surface area contributed by atoms with Crippen molar-refractivity contribution in [3.05, 3.63) is 99.7 Å². The number of benzene rings is 2. The van der Waals surface area contributed by atoms with E-state index in [0.717, 1.165) is 16.8 Å². The van der Waals surface area contributed by atoms with Crippen LogP contribution in [-0.2, 0) is 30.0 Å². The minimum atomic E-state index is -0.831. The van der Waals surface area contributed by atoms with E-state index < -0.39 is 17.1 Å². The molecule has 2 aromatic heterocycles. The molecule has 1 aliphatic heterocycles. The Morgan fingerprint density at radius 1 is 1.14 bits per heavy atom. The minimum absolute atomic E-state index is 0.0696. The molecule has 3 heterocycles. The SMILES string of the molecule is Cc1ncn(-c2ccccc2CNC(=O)c2nc3n(c(=O)c2OCc2ccccc2)CCOC3(C)C)n1. The van der Waals surface area contributed by atoms with Gasteiger partial charge in [-0.3, -0.25) is 14.2 Å². The third-order valence-corrected chi connectivity index (χ3v) is 6.17. The molecule has 37 heavy (non-hydrogen) atoms. The second-order valence-corrected chi connectivity index (χ2v) is 9.25. The van der Waals surface area contributed by atoms with Crippen LogP contribution in [0.25, 0.3) is 5.69 Å². The fourth-order valence-corrected chi connectivity index (χ4v) is 4.28. The second kappa shape index (κ2) is 9.98. The van der Waals surface area contributed by atoms with Crippen LogP contribution in [0.1, 0.15) is 47.1 Å². The Kier molecular flexibility index (Phi) is 6.58. The highest BCUT2D eigenvalue weighted by atomic mass is 16.5. The third kappa shape index (κ3) is 5.01. The smallest absolute Gasteiger partial charge is 0.296 e. The molecular weight excluding hydrogens is 472 g/mol. The summed E-state index contributed by atoms with van der Waals surface area (Å²) in [5.41, 5.74) is 1.18. The van der Waals surface area contributed by atoms with Crippen LogP contribution in [0.2, 0.25) is 0 Å². The molecule has 10 heteroatoms. The fourth-order valence-electron chi connectivity index (χ4n) is 4.28. The van der Waals surface area contributed by atoms with Gasteiger partial charge in [0.1, 0.15) is 30.2 Å². The number of amides is 1. The van der Waals surface area contributed by atoms with Gasteiger partial charge in [0.2, 0.25) is 5.75 Å². The summed E-state index contributed by atoms with van der Waals surface area (Å²) in [6, 6.07) is 17.0. The Bertz CT molecular complexity index is 1490. The molecule has 0 atom stereocenters. The first-order valence-electron chi connectivity index (χ1n) is 12.0. The molecule has 1 N–H and O–H groups in total. The third-order valence-electron chi connectivity index (χ3n) is 6.17. The van der Waals surface area contributed by atoms with Gasteiger partial charge in [-0.25, -0.2) is 14.6 Å². The highest BCUT2D eigenvalue weighted by Gasteiger charge is 2.35. The van der Waals surface area contributed by atoms with Crippen LogP contribution in [0.4, 0.5) is 0 Å². The molecule has 2 aromatic carbocycles. The van der Waals surface area contributed by atoms with Gasteiger partial charge in [0.15, 0.2) is 5.69 Å². The number of carbonyl (C=O) groups is 1. The van der Waals surface area contributed by atoms with Gasteiger partial charge in [0.25, 0.3) is 11.5 Å². The number of hydrogen-bond donors (Lipinski definition) is 1. The van der Waals surface area contributed by atoms with Crippen LogP contribution in [0.3, 0.4) is 0 Å². The number of aryl methyl sites for hydroxylation is 1. The van der Waals surface area contributed by atoms with E-state index in [9.17, 15) is 9.59 Å². The number of ether oxygens (including phenoxy) is 2. The van der Waals surface area contributed by atoms with Gasteiger partial charge in [0, 0.05) is 6.54 Å². The lowest BCUT2D eigenvalue weighted by atomic mass is 10.1. The summed E-state index contributed by atoms with van der Waals surface area (Å²) in [4.78, 5) is 35.8. The molecule has 5 rings (SSSR count). The van der Waals surface area contributed by atoms with Crippen molar-refractivity contribution in [3.8, 4) is 11.4 Å². The quantitative estimate of drug-likeness (QED) is 0.415. The lowest BCUT2D eigenvalue weighted by Gasteiger charge is -2.32. The first kappa shape index (κ1) is 24.4. The molecule has 0 saturated heterocycles. The lowest BCUT2D eigenvalue weighted by Crippen LogP contribution is -2.43. The molecule has 1 amide bonds. The molecule has 190 valence electrons. The molecule has 0 spiro atoms. The number of hydrogen-bond acceptors (Lipinski definition) is 7. The van der Waals surface area contributed by atoms with Crippen LogP contribution in [-0.4, -0.2) is 36.8 Å². The summed E-state index contributed by atoms with van der Waals surface area (Å²) >= 11 is 0. The van der Waals surface area contributed by atoms with Crippen LogP contribution < -0.4 is 15.6 Å². The van der Waals surface area contributed by atoms with E-state index in [-0.39, 0.29) is 24.6 Å². The standard InChI is InChI=1S/C27H28N6O4/c1-18-29-17-33(31-18)21-12-8-7-11-20(21)15-28-24(34)22-23(36-16-19-9-5-4-6-10-19)25(35)32-13-14-37-27(2,3)26(32)30-22/h4-12,17H,13-16H2,1-3H3,(H,28,34). The molecule has 0 fully saturated rings. The molecule has 1 aliphatic rings. The number of carbonyl (C=O) groups excluding carboxylic acids is 1.